The van der Waals surface area contributed by atoms with Crippen LogP contribution in [0.15, 0.2) is 58.2 Å². The number of benzene rings is 2. The van der Waals surface area contributed by atoms with Crippen LogP contribution in [-0.2, 0) is 14.8 Å². The van der Waals surface area contributed by atoms with Gasteiger partial charge in [-0.2, -0.15) is 9.40 Å². The van der Waals surface area contributed by atoms with Gasteiger partial charge in [0.1, 0.15) is 6.04 Å². The van der Waals surface area contributed by atoms with Crippen LogP contribution in [0.1, 0.15) is 43.5 Å². The molecule has 1 heterocycles. The van der Waals surface area contributed by atoms with Gasteiger partial charge in [0.05, 0.1) is 10.6 Å². The summed E-state index contributed by atoms with van der Waals surface area (Å²) in [5.74, 6) is -0.376. The second kappa shape index (κ2) is 10.5. The lowest BCUT2D eigenvalue weighted by molar-refractivity contribution is -0.119. The van der Waals surface area contributed by atoms with Gasteiger partial charge in [0.25, 0.3) is 5.56 Å². The van der Waals surface area contributed by atoms with Crippen LogP contribution in [0.4, 0.5) is 5.69 Å². The summed E-state index contributed by atoms with van der Waals surface area (Å²) in [6, 6.07) is 12.7. The Kier molecular flexibility index (Phi) is 7.92. The van der Waals surface area contributed by atoms with E-state index < -0.39 is 21.6 Å². The molecule has 8 nitrogen and oxygen atoms in total. The monoisotopic (exact) mass is 496 g/mol. The molecule has 1 N–H and O–H groups in total. The first kappa shape index (κ1) is 26.3. The van der Waals surface area contributed by atoms with Crippen LogP contribution in [0, 0.1) is 20.8 Å². The molecule has 1 unspecified atom stereocenters. The summed E-state index contributed by atoms with van der Waals surface area (Å²) >= 11 is 0. The molecule has 0 radical (unpaired) electrons. The van der Waals surface area contributed by atoms with Crippen molar-refractivity contribution in [3.63, 3.8) is 0 Å². The van der Waals surface area contributed by atoms with Crippen LogP contribution in [0.2, 0.25) is 0 Å². The van der Waals surface area contributed by atoms with Gasteiger partial charge in [0, 0.05) is 30.4 Å². The largest absolute Gasteiger partial charge is 0.324 e. The molecule has 0 spiro atoms. The number of anilines is 1. The maximum Gasteiger partial charge on any atom is 0.267 e. The number of aryl methyl sites for hydroxylation is 2. The number of carbonyl (C=O) groups excluding carboxylic acids is 1. The van der Waals surface area contributed by atoms with Crippen LogP contribution >= 0.6 is 0 Å². The van der Waals surface area contributed by atoms with Crippen molar-refractivity contribution in [2.45, 2.75) is 52.5 Å². The Morgan fingerprint density at radius 3 is 2.37 bits per heavy atom. The highest BCUT2D eigenvalue weighted by Crippen LogP contribution is 2.26. The van der Waals surface area contributed by atoms with Crippen LogP contribution in [-0.4, -0.2) is 41.5 Å². The fourth-order valence-electron chi connectivity index (χ4n) is 3.83. The maximum atomic E-state index is 13.1. The summed E-state index contributed by atoms with van der Waals surface area (Å²) in [4.78, 5) is 25.7. The number of sulfonamides is 1. The van der Waals surface area contributed by atoms with E-state index in [9.17, 15) is 18.0 Å². The van der Waals surface area contributed by atoms with Crippen LogP contribution in [0.25, 0.3) is 11.3 Å². The lowest BCUT2D eigenvalue weighted by Gasteiger charge is -2.20. The number of carbonyl (C=O) groups is 1. The SMILES string of the molecule is CCN(CC)S(=O)(=O)c1cc(-c2ccc(=O)n(C(C)C(=O)Nc3cccc(C)c3C)n2)ccc1C. The third-order valence-corrected chi connectivity index (χ3v) is 8.43. The predicted molar refractivity (Wildman–Crippen MR) is 138 cm³/mol. The number of amides is 1. The summed E-state index contributed by atoms with van der Waals surface area (Å²) in [6.45, 7) is 11.5. The van der Waals surface area contributed by atoms with Gasteiger partial charge < -0.3 is 5.32 Å². The van der Waals surface area contributed by atoms with E-state index in [0.29, 0.717) is 35.6 Å². The third kappa shape index (κ3) is 5.36. The van der Waals surface area contributed by atoms with Gasteiger partial charge in [-0.25, -0.2) is 13.1 Å². The molecule has 1 amide bonds. The molecule has 2 aromatic carbocycles. The van der Waals surface area contributed by atoms with E-state index in [2.05, 4.69) is 10.4 Å². The lowest BCUT2D eigenvalue weighted by atomic mass is 10.1. The second-order valence-electron chi connectivity index (χ2n) is 8.48. The minimum atomic E-state index is -3.68. The summed E-state index contributed by atoms with van der Waals surface area (Å²) in [6.07, 6.45) is 0. The van der Waals surface area contributed by atoms with Crippen molar-refractivity contribution < 1.29 is 13.2 Å². The molecule has 0 aliphatic heterocycles. The van der Waals surface area contributed by atoms with Gasteiger partial charge in [-0.1, -0.05) is 38.1 Å². The molecule has 0 bridgehead atoms. The van der Waals surface area contributed by atoms with Gasteiger partial charge >= 0.3 is 0 Å². The first-order chi connectivity index (χ1) is 16.5. The molecule has 1 atom stereocenters. The van der Waals surface area contributed by atoms with Crippen LogP contribution < -0.4 is 10.9 Å². The Balaban J connectivity index is 1.98. The van der Waals surface area contributed by atoms with Crippen molar-refractivity contribution in [2.24, 2.45) is 0 Å². The number of nitrogens with zero attached hydrogens (tertiary/aromatic N) is 3. The fraction of sp³-hybridized carbons (Fsp3) is 0.346. The highest BCUT2D eigenvalue weighted by molar-refractivity contribution is 7.89. The average Bonchev–Trinajstić information content (AvgIpc) is 2.82. The number of nitrogens with one attached hydrogen (secondary N) is 1. The predicted octanol–water partition coefficient (Wildman–Crippen LogP) is 4.07. The zero-order valence-corrected chi connectivity index (χ0v) is 21.8. The lowest BCUT2D eigenvalue weighted by Crippen LogP contribution is -2.33. The zero-order valence-electron chi connectivity index (χ0n) is 21.0. The first-order valence-electron chi connectivity index (χ1n) is 11.6. The van der Waals surface area contributed by atoms with E-state index in [1.165, 1.54) is 16.4 Å². The minimum absolute atomic E-state index is 0.193. The molecular weight excluding hydrogens is 464 g/mol. The fourth-order valence-corrected chi connectivity index (χ4v) is 5.54. The van der Waals surface area contributed by atoms with Gasteiger partial charge in [-0.15, -0.1) is 0 Å². The van der Waals surface area contributed by atoms with Crippen molar-refractivity contribution >= 4 is 21.6 Å². The average molecular weight is 497 g/mol. The smallest absolute Gasteiger partial charge is 0.267 e. The number of aromatic nitrogens is 2. The van der Waals surface area contributed by atoms with Crippen molar-refractivity contribution in [1.29, 1.82) is 0 Å². The summed E-state index contributed by atoms with van der Waals surface area (Å²) in [7, 11) is -3.68. The van der Waals surface area contributed by atoms with E-state index in [0.717, 1.165) is 15.8 Å². The normalized spacial score (nSPS) is 12.5. The Morgan fingerprint density at radius 1 is 1.03 bits per heavy atom. The highest BCUT2D eigenvalue weighted by atomic mass is 32.2. The van der Waals surface area contributed by atoms with E-state index in [-0.39, 0.29) is 10.8 Å². The summed E-state index contributed by atoms with van der Waals surface area (Å²) in [5.41, 5.74) is 3.79. The van der Waals surface area contributed by atoms with E-state index >= 15 is 0 Å². The highest BCUT2D eigenvalue weighted by Gasteiger charge is 2.25. The van der Waals surface area contributed by atoms with E-state index in [1.54, 1.807) is 45.9 Å². The first-order valence-corrected chi connectivity index (χ1v) is 13.0. The Morgan fingerprint density at radius 2 is 1.71 bits per heavy atom. The second-order valence-corrected chi connectivity index (χ2v) is 10.4. The molecule has 186 valence electrons. The summed E-state index contributed by atoms with van der Waals surface area (Å²) in [5, 5.41) is 7.29. The van der Waals surface area contributed by atoms with Gasteiger partial charge in [0.15, 0.2) is 0 Å². The minimum Gasteiger partial charge on any atom is -0.324 e. The Labute approximate surface area is 206 Å². The molecule has 3 rings (SSSR count). The standard InChI is InChI=1S/C26H32N4O4S/c1-7-29(8-2)35(33,34)24-16-21(13-12-18(24)4)23-14-15-25(31)30(28-23)20(6)26(32)27-22-11-9-10-17(3)19(22)5/h9-16,20H,7-8H2,1-6H3,(H,27,32). The molecule has 3 aromatic rings. The summed E-state index contributed by atoms with van der Waals surface area (Å²) < 4.78 is 28.8. The molecule has 0 aliphatic carbocycles. The molecule has 0 aliphatic rings. The molecular formula is C26H32N4O4S. The maximum absolute atomic E-state index is 13.1. The zero-order chi connectivity index (χ0) is 25.9. The number of hydrogen-bond acceptors (Lipinski definition) is 5. The van der Waals surface area contributed by atoms with Crippen molar-refractivity contribution in [3.8, 4) is 11.3 Å². The van der Waals surface area contributed by atoms with E-state index in [1.807, 2.05) is 32.0 Å². The van der Waals surface area contributed by atoms with E-state index in [4.69, 9.17) is 0 Å². The van der Waals surface area contributed by atoms with Crippen LogP contribution in [0.3, 0.4) is 0 Å². The Bertz CT molecular complexity index is 1410. The van der Waals surface area contributed by atoms with Crippen molar-refractivity contribution in [2.75, 3.05) is 18.4 Å². The quantitative estimate of drug-likeness (QED) is 0.507. The van der Waals surface area contributed by atoms with Crippen LogP contribution in [0.5, 0.6) is 0 Å². The molecule has 35 heavy (non-hydrogen) atoms. The van der Waals surface area contributed by atoms with Gasteiger partial charge in [0.2, 0.25) is 15.9 Å². The van der Waals surface area contributed by atoms with Crippen molar-refractivity contribution in [3.05, 3.63) is 75.6 Å². The molecule has 0 fully saturated rings. The molecule has 0 saturated carbocycles. The molecule has 9 heteroatoms. The topological polar surface area (TPSA) is 101 Å². The van der Waals surface area contributed by atoms with Gasteiger partial charge in [-0.05, 0) is 62.6 Å². The third-order valence-electron chi connectivity index (χ3n) is 6.24. The molecule has 0 saturated heterocycles. The van der Waals surface area contributed by atoms with Crippen molar-refractivity contribution in [1.82, 2.24) is 14.1 Å². The Hall–Kier alpha value is -3.30. The number of rotatable bonds is 8. The molecule has 1 aromatic heterocycles. The number of hydrogen-bond donors (Lipinski definition) is 1. The van der Waals surface area contributed by atoms with Gasteiger partial charge in [-0.3, -0.25) is 9.59 Å².